The van der Waals surface area contributed by atoms with E-state index in [1.165, 1.54) is 93.2 Å². The molecule has 6 aromatic rings. The van der Waals surface area contributed by atoms with Gasteiger partial charge in [0.2, 0.25) is 0 Å². The van der Waals surface area contributed by atoms with Gasteiger partial charge in [0.25, 0.3) is 0 Å². The topological polar surface area (TPSA) is 434 Å². The summed E-state index contributed by atoms with van der Waals surface area (Å²) in [5.41, 5.74) is 13.8. The third-order valence-corrected chi connectivity index (χ3v) is 23.6. The molecule has 13 rings (SSSR count). The fraction of sp³-hybridized carbons (Fsp3) is 0.511. The maximum atomic E-state index is 14.4. The quantitative estimate of drug-likeness (QED) is 0.0221. The molecule has 3 aromatic carbocycles. The Balaban J connectivity index is 0.000000201. The minimum atomic E-state index is -5.73. The Morgan fingerprint density at radius 1 is 0.489 bits per heavy atom. The number of ether oxygens (including phenoxy) is 6. The number of anilines is 3. The van der Waals surface area contributed by atoms with E-state index >= 15 is 0 Å². The van der Waals surface area contributed by atoms with Crippen molar-refractivity contribution in [2.75, 3.05) is 71.3 Å². The predicted octanol–water partition coefficient (Wildman–Crippen LogP) is 17.0. The number of alkyl halides is 3. The van der Waals surface area contributed by atoms with Crippen molar-refractivity contribution < 1.29 is 124 Å². The van der Waals surface area contributed by atoms with Crippen LogP contribution < -0.4 is 22.5 Å². The summed E-state index contributed by atoms with van der Waals surface area (Å²) in [5.74, 6) is -4.34. The molecule has 7 aliphatic heterocycles. The lowest BCUT2D eigenvalue weighted by Gasteiger charge is -2.32. The molecule has 3 saturated heterocycles. The van der Waals surface area contributed by atoms with Gasteiger partial charge in [0.05, 0.1) is 108 Å². The van der Waals surface area contributed by atoms with E-state index in [9.17, 15) is 63.5 Å². The van der Waals surface area contributed by atoms with Gasteiger partial charge in [0.15, 0.2) is 0 Å². The smallest absolute Gasteiger partial charge is 0.465 e. The molecule has 0 radical (unpaired) electrons. The van der Waals surface area contributed by atoms with Crippen LogP contribution in [0.4, 0.5) is 58.2 Å². The number of rotatable bonds is 12. The van der Waals surface area contributed by atoms with Crippen molar-refractivity contribution in [3.8, 4) is 33.8 Å². The third kappa shape index (κ3) is 29.1. The molecule has 0 saturated carbocycles. The molecule has 10 heterocycles. The summed E-state index contributed by atoms with van der Waals surface area (Å²) in [6.45, 7) is 42.2. The number of carbonyl (C=O) groups is 6. The summed E-state index contributed by atoms with van der Waals surface area (Å²) in [6.07, 6.45) is 14.9. The molecule has 7 aliphatic rings. The number of nitrogens with zero attached hydrogens (tertiary/aromatic N) is 9. The molecule has 0 bridgehead atoms. The first-order valence-electron chi connectivity index (χ1n) is 43.1. The highest BCUT2D eigenvalue weighted by Gasteiger charge is 2.64. The molecule has 135 heavy (non-hydrogen) atoms. The van der Waals surface area contributed by atoms with E-state index in [1.54, 1.807) is 44.1 Å². The summed E-state index contributed by atoms with van der Waals surface area (Å²) in [6, 6.07) is 12.2. The molecule has 7 N–H and O–H groups in total. The largest absolute Gasteiger partial charge is 0.534 e. The van der Waals surface area contributed by atoms with Crippen molar-refractivity contribution >= 4 is 112 Å². The van der Waals surface area contributed by atoms with Crippen LogP contribution in [0.15, 0.2) is 114 Å². The third-order valence-electron chi connectivity index (χ3n) is 22.2. The van der Waals surface area contributed by atoms with Crippen LogP contribution in [0.5, 0.6) is 0 Å². The van der Waals surface area contributed by atoms with Gasteiger partial charge >= 0.3 is 73.0 Å². The van der Waals surface area contributed by atoms with Gasteiger partial charge in [0.1, 0.15) is 79.2 Å². The molecule has 0 unspecified atom stereocenters. The van der Waals surface area contributed by atoms with Crippen LogP contribution in [0.1, 0.15) is 233 Å². The SMILES string of the molecule is CC(C)(C)OC(=O)N1C=C(B2OC(C)(C)C(C)(C)O2)CCC1.CC(C)(C)OC(=O)N1CCC=C(OS(=O)(=O)C(F)(F)F)C1.CC1(C)OB(B2OC(C)(C)C(C)(C)O2)OC1(C)C.COC(=O)c1ccc(-c2nc(Br)cnc2N)cc1F.COC(=O)c1ccc(-c2nc(C3=CN(C(=O)OC(C)(C)C)CCC3)cnc2N)cc1F.COC(=O)c1ccc(-c2nc(C3=CNCCC3)cnc2N)cc1F. The average molecular weight is 1980 g/mol. The van der Waals surface area contributed by atoms with E-state index in [2.05, 4.69) is 69.5 Å². The summed E-state index contributed by atoms with van der Waals surface area (Å²) >= 11 is 3.16. The molecular weight excluding hydrogens is 1860 g/mol. The Morgan fingerprint density at radius 3 is 1.23 bits per heavy atom. The Hall–Kier alpha value is -11.0. The summed E-state index contributed by atoms with van der Waals surface area (Å²) < 4.78 is 171. The highest BCUT2D eigenvalue weighted by atomic mass is 79.9. The van der Waals surface area contributed by atoms with Gasteiger partial charge in [0, 0.05) is 61.5 Å². The number of benzene rings is 3. The maximum Gasteiger partial charge on any atom is 0.534 e. The minimum Gasteiger partial charge on any atom is -0.465 e. The summed E-state index contributed by atoms with van der Waals surface area (Å²) in [5, 5.41) is 3.17. The molecule has 45 heteroatoms. The van der Waals surface area contributed by atoms with Crippen molar-refractivity contribution in [2.45, 2.75) is 246 Å². The number of hydrogen-bond donors (Lipinski definition) is 4. The van der Waals surface area contributed by atoms with Gasteiger partial charge in [-0.25, -0.2) is 71.8 Å². The molecular formula is C90H119B3BrF6N13O21S. The van der Waals surface area contributed by atoms with Crippen LogP contribution in [0.2, 0.25) is 0 Å². The number of halogens is 7. The number of esters is 3. The van der Waals surface area contributed by atoms with Gasteiger partial charge < -0.3 is 87.9 Å². The molecule has 0 atom stereocenters. The zero-order valence-electron chi connectivity index (χ0n) is 80.3. The number of hydrogen-bond acceptors (Lipinski definition) is 31. The second-order valence-electron chi connectivity index (χ2n) is 37.8. The number of carbonyl (C=O) groups excluding carboxylic acids is 6. The number of nitrogens with two attached hydrogens (primary N) is 3. The van der Waals surface area contributed by atoms with Crippen LogP contribution in [0, 0.1) is 17.5 Å². The van der Waals surface area contributed by atoms with E-state index in [-0.39, 0.29) is 92.5 Å². The fourth-order valence-electron chi connectivity index (χ4n) is 13.1. The van der Waals surface area contributed by atoms with Crippen molar-refractivity contribution in [3.63, 3.8) is 0 Å². The average Bonchev–Trinajstić information content (AvgIpc) is 1.59. The molecule has 34 nitrogen and oxygen atoms in total. The van der Waals surface area contributed by atoms with Crippen LogP contribution in [-0.4, -0.2) is 220 Å². The molecule has 734 valence electrons. The van der Waals surface area contributed by atoms with Gasteiger partial charge in [-0.2, -0.15) is 21.6 Å². The number of nitrogen functional groups attached to an aromatic ring is 3. The van der Waals surface area contributed by atoms with Gasteiger partial charge in [-0.3, -0.25) is 9.80 Å². The molecule has 3 aromatic heterocycles. The second kappa shape index (κ2) is 43.6. The predicted molar refractivity (Wildman–Crippen MR) is 498 cm³/mol. The normalized spacial score (nSPS) is 18.0. The number of allylic oxidation sites excluding steroid dienone is 3. The zero-order chi connectivity index (χ0) is 101. The Morgan fingerprint density at radius 2 is 0.852 bits per heavy atom. The zero-order valence-corrected chi connectivity index (χ0v) is 82.7. The van der Waals surface area contributed by atoms with Crippen LogP contribution in [-0.2, 0) is 70.6 Å². The number of methoxy groups -OCH3 is 3. The Labute approximate surface area is 792 Å². The van der Waals surface area contributed by atoms with Crippen molar-refractivity contribution in [3.05, 3.63) is 159 Å². The first kappa shape index (κ1) is 109. The van der Waals surface area contributed by atoms with Gasteiger partial charge in [-0.15, -0.1) is 0 Å². The Kier molecular flexibility index (Phi) is 35.3. The molecule has 3 fully saturated rings. The number of nitrogens with one attached hydrogen (secondary N) is 1. The van der Waals surface area contributed by atoms with Crippen LogP contribution in [0.25, 0.3) is 44.9 Å². The molecule has 0 spiro atoms. The Bertz CT molecular complexity index is 5520. The lowest BCUT2D eigenvalue weighted by atomic mass is 9.49. The van der Waals surface area contributed by atoms with Crippen molar-refractivity contribution in [2.24, 2.45) is 0 Å². The summed E-state index contributed by atoms with van der Waals surface area (Å²) in [4.78, 5) is 100. The first-order valence-corrected chi connectivity index (χ1v) is 45.3. The monoisotopic (exact) mass is 1980 g/mol. The van der Waals surface area contributed by atoms with E-state index in [0.717, 1.165) is 60.2 Å². The van der Waals surface area contributed by atoms with E-state index in [1.807, 2.05) is 137 Å². The van der Waals surface area contributed by atoms with Crippen LogP contribution >= 0.6 is 15.9 Å². The van der Waals surface area contributed by atoms with E-state index in [0.29, 0.717) is 63.6 Å². The fourth-order valence-corrected chi connectivity index (χ4v) is 13.8. The number of amides is 3. The highest BCUT2D eigenvalue weighted by molar-refractivity contribution is 9.10. The lowest BCUT2D eigenvalue weighted by Crippen LogP contribution is -2.41. The molecule has 3 amide bonds. The van der Waals surface area contributed by atoms with Crippen LogP contribution in [0.3, 0.4) is 0 Å². The highest BCUT2D eigenvalue weighted by Crippen LogP contribution is 2.45. The van der Waals surface area contributed by atoms with E-state index < -0.39 is 113 Å². The first-order chi connectivity index (χ1) is 62.3. The van der Waals surface area contributed by atoms with Crippen molar-refractivity contribution in [1.82, 2.24) is 49.9 Å². The van der Waals surface area contributed by atoms with Gasteiger partial charge in [-0.05, 0) is 265 Å². The number of aromatic nitrogens is 6. The summed E-state index contributed by atoms with van der Waals surface area (Å²) in [7, 11) is -3.50. The van der Waals surface area contributed by atoms with E-state index in [4.69, 9.17) is 59.3 Å². The van der Waals surface area contributed by atoms with Crippen molar-refractivity contribution in [1.29, 1.82) is 0 Å². The maximum absolute atomic E-state index is 14.4. The minimum absolute atomic E-state index is 0.120. The molecule has 0 aliphatic carbocycles. The second-order valence-corrected chi connectivity index (χ2v) is 40.1. The lowest BCUT2D eigenvalue weighted by molar-refractivity contribution is -0.0526. The standard InChI is InChI=1S/C22H25FN4O4.C17H17FN4O2.C16H28BNO4.C12H24B2O4.C12H9BrFN3O2.C11H16F3NO5S/c1-22(2,3)31-21(29)27-9-5-6-14(12-27)17-11-25-19(24)18(26-17)13-7-8-15(16(23)10-13)20(28)30-4;1-24-17(23)12-5-4-10(7-13(12)18)15-16(19)21-9-14(22-15)11-3-2-6-20-8-11;1-14(2,3)20-13(19)18-10-8-9-12(11-18)17-21-15(4,5)16(6,7)22-17;1-9(2)10(3,4)16-13(15-9)14-17-11(5,6)12(7,8)18-14;1-19-12(18)7-3-2-6(4-8(7)14)10-11(15)16-5-9(13)17-10;1-10(2,3)19-9(16)15-6-4-5-8(7-15)20-21(17,18)11(12,13)14/h7-8,10-12H,5-6,9H2,1-4H3,(H2,24,25);4-5,7-9,20H,2-3,6H2,1H3,(H2,19,21);11H,8-10H2,1-7H3;1-8H3;2-5H,1H3,(H2,15,16);5H,4,6-7H2,1-3H3. The van der Waals surface area contributed by atoms with Gasteiger partial charge in [-0.1, -0.05) is 18.2 Å².